The molecule has 4 bridgehead atoms. The lowest BCUT2D eigenvalue weighted by Gasteiger charge is -2.31. The van der Waals surface area contributed by atoms with Crippen molar-refractivity contribution in [2.24, 2.45) is 33.5 Å². The molecule has 4 aliphatic rings. The smallest absolute Gasteiger partial charge is 0.165 e. The SMILES string of the molecule is CC1(C)[C@H]2CC[C@@]1(C)C(=O)/C2=C\C/C=C1\C(=O)[C@@]2(C)CC[C@H]1C2(C)C. The van der Waals surface area contributed by atoms with E-state index in [1.54, 1.807) is 0 Å². The van der Waals surface area contributed by atoms with E-state index in [0.29, 0.717) is 23.4 Å². The Hall–Kier alpha value is -1.18. The fraction of sp³-hybridized carbons (Fsp3) is 0.739. The topological polar surface area (TPSA) is 34.1 Å². The first kappa shape index (κ1) is 17.2. The van der Waals surface area contributed by atoms with Gasteiger partial charge in [0, 0.05) is 10.8 Å². The molecule has 4 aliphatic carbocycles. The first-order valence-corrected chi connectivity index (χ1v) is 9.98. The van der Waals surface area contributed by atoms with Crippen LogP contribution in [0.15, 0.2) is 23.3 Å². The van der Waals surface area contributed by atoms with Gasteiger partial charge in [0.15, 0.2) is 11.6 Å². The molecule has 0 saturated heterocycles. The van der Waals surface area contributed by atoms with Crippen molar-refractivity contribution >= 4 is 11.6 Å². The van der Waals surface area contributed by atoms with Gasteiger partial charge in [0.05, 0.1) is 0 Å². The predicted octanol–water partition coefficient (Wildman–Crippen LogP) is 5.28. The zero-order valence-electron chi connectivity index (χ0n) is 16.7. The molecule has 0 spiro atoms. The van der Waals surface area contributed by atoms with Gasteiger partial charge < -0.3 is 0 Å². The minimum Gasteiger partial charge on any atom is -0.294 e. The summed E-state index contributed by atoms with van der Waals surface area (Å²) in [4.78, 5) is 25.8. The average Bonchev–Trinajstić information content (AvgIpc) is 3.01. The Bertz CT molecular complexity index is 673. The van der Waals surface area contributed by atoms with E-state index in [1.165, 1.54) is 0 Å². The van der Waals surface area contributed by atoms with E-state index in [0.717, 1.165) is 43.3 Å². The highest BCUT2D eigenvalue weighted by atomic mass is 16.1. The second-order valence-electron chi connectivity index (χ2n) is 10.5. The van der Waals surface area contributed by atoms with Gasteiger partial charge in [-0.3, -0.25) is 9.59 Å². The Morgan fingerprint density at radius 2 is 1.12 bits per heavy atom. The first-order valence-electron chi connectivity index (χ1n) is 9.98. The number of hydrogen-bond donors (Lipinski definition) is 0. The van der Waals surface area contributed by atoms with E-state index in [1.807, 2.05) is 0 Å². The van der Waals surface area contributed by atoms with Crippen molar-refractivity contribution in [2.75, 3.05) is 0 Å². The highest BCUT2D eigenvalue weighted by Gasteiger charge is 2.64. The van der Waals surface area contributed by atoms with Crippen LogP contribution < -0.4 is 0 Å². The number of hydrogen-bond acceptors (Lipinski definition) is 2. The summed E-state index contributed by atoms with van der Waals surface area (Å²) in [6, 6.07) is 0. The van der Waals surface area contributed by atoms with Crippen LogP contribution in [0, 0.1) is 33.5 Å². The van der Waals surface area contributed by atoms with Crippen LogP contribution in [0.2, 0.25) is 0 Å². The molecule has 4 rings (SSSR count). The van der Waals surface area contributed by atoms with Gasteiger partial charge >= 0.3 is 0 Å². The van der Waals surface area contributed by atoms with E-state index in [-0.39, 0.29) is 21.7 Å². The fourth-order valence-corrected chi connectivity index (χ4v) is 6.64. The maximum Gasteiger partial charge on any atom is 0.165 e. The molecule has 25 heavy (non-hydrogen) atoms. The Morgan fingerprint density at radius 1 is 0.760 bits per heavy atom. The van der Waals surface area contributed by atoms with Gasteiger partial charge in [0.25, 0.3) is 0 Å². The molecule has 0 aromatic heterocycles. The lowest BCUT2D eigenvalue weighted by molar-refractivity contribution is -0.126. The molecule has 0 aliphatic heterocycles. The number of carbonyl (C=O) groups is 2. The molecule has 4 fully saturated rings. The van der Waals surface area contributed by atoms with E-state index < -0.39 is 0 Å². The highest BCUT2D eigenvalue weighted by Crippen LogP contribution is 2.66. The first-order chi connectivity index (χ1) is 11.5. The van der Waals surface area contributed by atoms with Crippen LogP contribution in [0.4, 0.5) is 0 Å². The van der Waals surface area contributed by atoms with Crippen LogP contribution in [0.3, 0.4) is 0 Å². The Balaban J connectivity index is 1.60. The fourth-order valence-electron chi connectivity index (χ4n) is 6.64. The van der Waals surface area contributed by atoms with Gasteiger partial charge in [0.1, 0.15) is 0 Å². The van der Waals surface area contributed by atoms with Gasteiger partial charge in [-0.15, -0.1) is 0 Å². The minimum atomic E-state index is -0.186. The van der Waals surface area contributed by atoms with Crippen LogP contribution in [0.1, 0.15) is 73.6 Å². The summed E-state index contributed by atoms with van der Waals surface area (Å²) in [7, 11) is 0. The van der Waals surface area contributed by atoms with Crippen LogP contribution in [0.25, 0.3) is 0 Å². The van der Waals surface area contributed by atoms with Gasteiger partial charge in [-0.1, -0.05) is 53.7 Å². The summed E-state index contributed by atoms with van der Waals surface area (Å²) in [5, 5.41) is 0. The molecule has 0 amide bonds. The molecule has 0 aromatic carbocycles. The van der Waals surface area contributed by atoms with E-state index in [2.05, 4.69) is 53.7 Å². The molecule has 0 aromatic rings. The average molecular weight is 341 g/mol. The quantitative estimate of drug-likeness (QED) is 0.641. The third-order valence-electron chi connectivity index (χ3n) is 9.41. The van der Waals surface area contributed by atoms with E-state index in [9.17, 15) is 9.59 Å². The zero-order chi connectivity index (χ0) is 18.4. The summed E-state index contributed by atoms with van der Waals surface area (Å²) >= 11 is 0. The largest absolute Gasteiger partial charge is 0.294 e. The van der Waals surface area contributed by atoms with Crippen molar-refractivity contribution < 1.29 is 9.59 Å². The lowest BCUT2D eigenvalue weighted by Crippen LogP contribution is -2.32. The molecule has 4 atom stereocenters. The van der Waals surface area contributed by atoms with Crippen molar-refractivity contribution in [1.82, 2.24) is 0 Å². The lowest BCUT2D eigenvalue weighted by atomic mass is 9.70. The molecule has 2 nitrogen and oxygen atoms in total. The number of rotatable bonds is 2. The molecule has 2 heteroatoms. The number of fused-ring (bicyclic) bond motifs is 4. The van der Waals surface area contributed by atoms with E-state index >= 15 is 0 Å². The summed E-state index contributed by atoms with van der Waals surface area (Å²) in [6.45, 7) is 13.3. The number of Topliss-reactive ketones (excluding diaryl/α,β-unsaturated/α-hetero) is 2. The molecule has 136 valence electrons. The van der Waals surface area contributed by atoms with Gasteiger partial charge in [-0.05, 0) is 65.9 Å². The summed E-state index contributed by atoms with van der Waals surface area (Å²) in [5.74, 6) is 1.51. The minimum absolute atomic E-state index is 0.0702. The van der Waals surface area contributed by atoms with Crippen LogP contribution in [0.5, 0.6) is 0 Å². The van der Waals surface area contributed by atoms with Gasteiger partial charge in [-0.2, -0.15) is 0 Å². The maximum atomic E-state index is 12.9. The van der Waals surface area contributed by atoms with Crippen molar-refractivity contribution in [3.8, 4) is 0 Å². The summed E-state index contributed by atoms with van der Waals surface area (Å²) in [5.41, 5.74) is 1.85. The maximum absolute atomic E-state index is 12.9. The standard InChI is InChI=1S/C23H32O2/c1-20(2)16-10-12-22(20,5)18(24)14(16)8-7-9-15-17-11-13-23(6,19(15)25)21(17,3)4/h8-9,16-17H,7,10-13H2,1-6H3/b14-8-,15-9-/t16-,17+,22-,23+. The summed E-state index contributed by atoms with van der Waals surface area (Å²) < 4.78 is 0. The Morgan fingerprint density at radius 3 is 1.40 bits per heavy atom. The van der Waals surface area contributed by atoms with E-state index in [4.69, 9.17) is 0 Å². The normalized spacial score (nSPS) is 46.8. The van der Waals surface area contributed by atoms with Crippen molar-refractivity contribution in [2.45, 2.75) is 73.6 Å². The molecule has 0 N–H and O–H groups in total. The second kappa shape index (κ2) is 4.75. The number of ketones is 2. The van der Waals surface area contributed by atoms with Gasteiger partial charge in [-0.25, -0.2) is 0 Å². The third kappa shape index (κ3) is 1.77. The molecule has 0 radical (unpaired) electrons. The third-order valence-corrected chi connectivity index (χ3v) is 9.41. The van der Waals surface area contributed by atoms with Crippen molar-refractivity contribution in [1.29, 1.82) is 0 Å². The monoisotopic (exact) mass is 340 g/mol. The Labute approximate surface area is 152 Å². The zero-order valence-corrected chi connectivity index (χ0v) is 16.7. The molecule has 0 unspecified atom stereocenters. The molecular weight excluding hydrogens is 308 g/mol. The van der Waals surface area contributed by atoms with Crippen molar-refractivity contribution in [3.63, 3.8) is 0 Å². The summed E-state index contributed by atoms with van der Waals surface area (Å²) in [6.07, 6.45) is 9.31. The van der Waals surface area contributed by atoms with Crippen LogP contribution in [-0.4, -0.2) is 11.6 Å². The van der Waals surface area contributed by atoms with Crippen molar-refractivity contribution in [3.05, 3.63) is 23.3 Å². The molecular formula is C23H32O2. The van der Waals surface area contributed by atoms with Crippen LogP contribution >= 0.6 is 0 Å². The number of carbonyl (C=O) groups excluding carboxylic acids is 2. The highest BCUT2D eigenvalue weighted by molar-refractivity contribution is 6.05. The van der Waals surface area contributed by atoms with Gasteiger partial charge in [0.2, 0.25) is 0 Å². The molecule has 4 saturated carbocycles. The predicted molar refractivity (Wildman–Crippen MR) is 100 cm³/mol. The number of allylic oxidation sites excluding steroid dienone is 4. The second-order valence-corrected chi connectivity index (χ2v) is 10.5. The molecule has 0 heterocycles. The Kier molecular flexibility index (Phi) is 3.28. The van der Waals surface area contributed by atoms with Crippen LogP contribution in [-0.2, 0) is 9.59 Å².